The third kappa shape index (κ3) is 18.3. The maximum absolute atomic E-state index is 9.03. The summed E-state index contributed by atoms with van der Waals surface area (Å²) in [6, 6.07) is 0. The Morgan fingerprint density at radius 3 is 1.78 bits per heavy atom. The van der Waals surface area contributed by atoms with Gasteiger partial charge in [0.2, 0.25) is 0 Å². The van der Waals surface area contributed by atoms with Gasteiger partial charge in [0.15, 0.2) is 0 Å². The van der Waals surface area contributed by atoms with E-state index in [-0.39, 0.29) is 6.10 Å². The van der Waals surface area contributed by atoms with Crippen molar-refractivity contribution in [2.45, 2.75) is 80.3 Å². The van der Waals surface area contributed by atoms with Crippen LogP contribution >= 0.6 is 0 Å². The van der Waals surface area contributed by atoms with Gasteiger partial charge in [-0.1, -0.05) is 48.5 Å². The minimum Gasteiger partial charge on any atom is -0.396 e. The molecule has 0 aliphatic carbocycles. The molecule has 0 aromatic carbocycles. The average Bonchev–Trinajstić information content (AvgIpc) is 2.14. The highest BCUT2D eigenvalue weighted by molar-refractivity contribution is 4.65. The predicted molar refractivity (Wildman–Crippen MR) is 80.7 cm³/mol. The molecule has 112 valence electrons. The molecule has 0 rings (SSSR count). The molecular formula is C16H36O2. The number of aliphatic hydroxyl groups excluding tert-OH is 2. The van der Waals surface area contributed by atoms with E-state index in [0.29, 0.717) is 23.9 Å². The molecule has 0 saturated carbocycles. The van der Waals surface area contributed by atoms with E-state index in [0.717, 1.165) is 19.3 Å². The Kier molecular flexibility index (Phi) is 12.2. The Morgan fingerprint density at radius 2 is 1.56 bits per heavy atom. The zero-order chi connectivity index (χ0) is 14.8. The van der Waals surface area contributed by atoms with Gasteiger partial charge in [0.05, 0.1) is 6.10 Å². The maximum Gasteiger partial charge on any atom is 0.0540 e. The Labute approximate surface area is 115 Å². The fraction of sp³-hybridized carbons (Fsp3) is 1.00. The first-order valence-electron chi connectivity index (χ1n) is 7.41. The van der Waals surface area contributed by atoms with Gasteiger partial charge in [0, 0.05) is 6.61 Å². The van der Waals surface area contributed by atoms with Crippen LogP contribution in [0, 0.1) is 17.3 Å². The fourth-order valence-corrected chi connectivity index (χ4v) is 2.08. The van der Waals surface area contributed by atoms with Crippen molar-refractivity contribution in [1.29, 1.82) is 0 Å². The summed E-state index contributed by atoms with van der Waals surface area (Å²) in [6.45, 7) is 15.5. The van der Waals surface area contributed by atoms with E-state index in [9.17, 15) is 0 Å². The molecule has 0 aromatic rings. The van der Waals surface area contributed by atoms with Crippen molar-refractivity contribution >= 4 is 0 Å². The third-order valence-corrected chi connectivity index (χ3v) is 2.80. The molecule has 18 heavy (non-hydrogen) atoms. The summed E-state index contributed by atoms with van der Waals surface area (Å²) in [7, 11) is 0. The molecule has 0 bridgehead atoms. The zero-order valence-electron chi connectivity index (χ0n) is 13.7. The summed E-state index contributed by atoms with van der Waals surface area (Å²) in [5.41, 5.74) is 0.411. The largest absolute Gasteiger partial charge is 0.396 e. The van der Waals surface area contributed by atoms with Gasteiger partial charge in [-0.25, -0.2) is 0 Å². The highest BCUT2D eigenvalue weighted by atomic mass is 16.3. The minimum absolute atomic E-state index is 0.0741. The van der Waals surface area contributed by atoms with E-state index in [2.05, 4.69) is 41.5 Å². The number of hydrogen-bond acceptors (Lipinski definition) is 2. The topological polar surface area (TPSA) is 40.5 Å². The number of hydrogen-bond donors (Lipinski definition) is 2. The summed E-state index contributed by atoms with van der Waals surface area (Å²) in [5, 5.41) is 17.7. The van der Waals surface area contributed by atoms with Gasteiger partial charge in [0.1, 0.15) is 0 Å². The van der Waals surface area contributed by atoms with E-state index in [1.54, 1.807) is 0 Å². The first-order chi connectivity index (χ1) is 8.12. The van der Waals surface area contributed by atoms with Crippen molar-refractivity contribution in [1.82, 2.24) is 0 Å². The van der Waals surface area contributed by atoms with Crippen molar-refractivity contribution in [2.75, 3.05) is 6.61 Å². The Morgan fingerprint density at radius 1 is 1.06 bits per heavy atom. The summed E-state index contributed by atoms with van der Waals surface area (Å²) in [6.07, 6.45) is 3.90. The summed E-state index contributed by atoms with van der Waals surface area (Å²) < 4.78 is 0. The van der Waals surface area contributed by atoms with Crippen LogP contribution in [0.4, 0.5) is 0 Å². The molecule has 0 saturated heterocycles. The molecule has 0 heterocycles. The summed E-state index contributed by atoms with van der Waals surface area (Å²) >= 11 is 0. The molecule has 0 radical (unpaired) electrons. The predicted octanol–water partition coefficient (Wildman–Crippen LogP) is 4.24. The van der Waals surface area contributed by atoms with Gasteiger partial charge in [-0.3, -0.25) is 0 Å². The van der Waals surface area contributed by atoms with Crippen LogP contribution in [0.15, 0.2) is 0 Å². The lowest BCUT2D eigenvalue weighted by Crippen LogP contribution is -2.11. The molecule has 0 aromatic heterocycles. The van der Waals surface area contributed by atoms with Crippen LogP contribution in [-0.2, 0) is 0 Å². The SMILES string of the molecule is CC(CCO)CC(C)(C)C.CCC(O)CC(C)C. The molecule has 0 aliphatic rings. The molecule has 0 fully saturated rings. The van der Waals surface area contributed by atoms with Crippen molar-refractivity contribution in [3.8, 4) is 0 Å². The second-order valence-corrected chi connectivity index (χ2v) is 7.07. The molecule has 2 atom stereocenters. The molecule has 2 N–H and O–H groups in total. The highest BCUT2D eigenvalue weighted by Gasteiger charge is 2.14. The molecule has 2 unspecified atom stereocenters. The molecule has 0 spiro atoms. The van der Waals surface area contributed by atoms with Crippen LogP contribution < -0.4 is 0 Å². The lowest BCUT2D eigenvalue weighted by atomic mass is 9.84. The van der Waals surface area contributed by atoms with Crippen LogP contribution in [0.25, 0.3) is 0 Å². The highest BCUT2D eigenvalue weighted by Crippen LogP contribution is 2.25. The van der Waals surface area contributed by atoms with Crippen LogP contribution in [0.1, 0.15) is 74.1 Å². The van der Waals surface area contributed by atoms with Gasteiger partial charge in [-0.15, -0.1) is 0 Å². The first kappa shape index (κ1) is 20.2. The molecule has 2 heteroatoms. The van der Waals surface area contributed by atoms with Gasteiger partial charge < -0.3 is 10.2 Å². The van der Waals surface area contributed by atoms with Crippen LogP contribution in [0.2, 0.25) is 0 Å². The summed E-state index contributed by atoms with van der Waals surface area (Å²) in [5.74, 6) is 1.29. The molecule has 0 amide bonds. The first-order valence-corrected chi connectivity index (χ1v) is 7.41. The monoisotopic (exact) mass is 260 g/mol. The standard InChI is InChI=1S/C9H20O.C7H16O/c1-8(5-6-10)7-9(2,3)4;1-4-7(8)5-6(2)3/h8,10H,5-7H2,1-4H3;6-8H,4-5H2,1-3H3. The van der Waals surface area contributed by atoms with Gasteiger partial charge >= 0.3 is 0 Å². The van der Waals surface area contributed by atoms with Gasteiger partial charge in [0.25, 0.3) is 0 Å². The van der Waals surface area contributed by atoms with E-state index in [1.165, 1.54) is 6.42 Å². The Hall–Kier alpha value is -0.0800. The maximum atomic E-state index is 9.03. The van der Waals surface area contributed by atoms with Crippen molar-refractivity contribution in [2.24, 2.45) is 17.3 Å². The lowest BCUT2D eigenvalue weighted by molar-refractivity contribution is 0.145. The fourth-order valence-electron chi connectivity index (χ4n) is 2.08. The van der Waals surface area contributed by atoms with E-state index >= 15 is 0 Å². The Balaban J connectivity index is 0. The molecular weight excluding hydrogens is 224 g/mol. The van der Waals surface area contributed by atoms with Crippen molar-refractivity contribution in [3.63, 3.8) is 0 Å². The Bertz CT molecular complexity index is 170. The van der Waals surface area contributed by atoms with E-state index < -0.39 is 0 Å². The van der Waals surface area contributed by atoms with Crippen molar-refractivity contribution < 1.29 is 10.2 Å². The molecule has 2 nitrogen and oxygen atoms in total. The second kappa shape index (κ2) is 10.8. The average molecular weight is 260 g/mol. The number of rotatable bonds is 6. The normalized spacial score (nSPS) is 15.0. The minimum atomic E-state index is -0.0741. The van der Waals surface area contributed by atoms with E-state index in [1.807, 2.05) is 6.92 Å². The summed E-state index contributed by atoms with van der Waals surface area (Å²) in [4.78, 5) is 0. The van der Waals surface area contributed by atoms with Crippen LogP contribution in [0.5, 0.6) is 0 Å². The number of aliphatic hydroxyl groups is 2. The lowest BCUT2D eigenvalue weighted by Gasteiger charge is -2.22. The van der Waals surface area contributed by atoms with E-state index in [4.69, 9.17) is 10.2 Å². The molecule has 0 aliphatic heterocycles. The van der Waals surface area contributed by atoms with Crippen LogP contribution in [-0.4, -0.2) is 22.9 Å². The van der Waals surface area contributed by atoms with Gasteiger partial charge in [-0.05, 0) is 42.9 Å². The smallest absolute Gasteiger partial charge is 0.0540 e. The zero-order valence-corrected chi connectivity index (χ0v) is 13.7. The quantitative estimate of drug-likeness (QED) is 0.749. The van der Waals surface area contributed by atoms with Crippen molar-refractivity contribution in [3.05, 3.63) is 0 Å². The van der Waals surface area contributed by atoms with Crippen LogP contribution in [0.3, 0.4) is 0 Å². The van der Waals surface area contributed by atoms with Gasteiger partial charge in [-0.2, -0.15) is 0 Å². The third-order valence-electron chi connectivity index (χ3n) is 2.80. The second-order valence-electron chi connectivity index (χ2n) is 7.07.